The molecule has 6 heterocycles. The molecule has 0 fully saturated rings. The summed E-state index contributed by atoms with van der Waals surface area (Å²) < 4.78 is 69.8. The largest absolute Gasteiger partial charge is 1.00 e. The second-order valence-electron chi connectivity index (χ2n) is 16.4. The van der Waals surface area contributed by atoms with E-state index in [0.717, 1.165) is 118 Å². The maximum Gasteiger partial charge on any atom is 1.00 e. The van der Waals surface area contributed by atoms with Crippen molar-refractivity contribution in [1.29, 1.82) is 0 Å². The zero-order valence-corrected chi connectivity index (χ0v) is 53.6. The molecule has 0 aliphatic rings. The zero-order chi connectivity index (χ0) is 51.8. The van der Waals surface area contributed by atoms with Crippen LogP contribution in [0.25, 0.3) is 33.1 Å². The van der Waals surface area contributed by atoms with Gasteiger partial charge >= 0.3 is 88.7 Å². The van der Waals surface area contributed by atoms with Crippen LogP contribution in [0.5, 0.6) is 34.5 Å². The molecule has 0 aliphatic heterocycles. The Balaban J connectivity index is 0.000000239. The van der Waals surface area contributed by atoms with E-state index in [-0.39, 0.29) is 106 Å². The van der Waals surface area contributed by atoms with Gasteiger partial charge < -0.3 is 43.4 Å². The summed E-state index contributed by atoms with van der Waals surface area (Å²) in [6.07, 6.45) is 5.21. The summed E-state index contributed by atoms with van der Waals surface area (Å²) in [7, 11) is 5.72. The molecule has 3 N–H and O–H groups in total. The molecule has 24 heteroatoms. The van der Waals surface area contributed by atoms with Gasteiger partial charge in [0.2, 0.25) is 0 Å². The normalized spacial score (nSPS) is 11.8. The molecule has 75 heavy (non-hydrogen) atoms. The summed E-state index contributed by atoms with van der Waals surface area (Å²) in [5.41, 5.74) is 12.5. The fourth-order valence-electron chi connectivity index (χ4n) is 7.83. The SMILES string of the molecule is COc1ccc2nc(S(=O)Cc3ncc(C)c(OC)c3C)[nH]c2c1.COc1ccc2nc(S(=O)Cc3ncc(C)c(OC)c3C)[nH]c2c1.COc1ccc2nc(S(=O)Cc3ncc(C)c(OC)c3C)[nH]c2c1.[Na+].[Na+].[Na+]. The van der Waals surface area contributed by atoms with Gasteiger partial charge in [-0.1, -0.05) is 0 Å². The first kappa shape index (κ1) is 63.3. The van der Waals surface area contributed by atoms with Gasteiger partial charge in [0.05, 0.1) is 142 Å². The van der Waals surface area contributed by atoms with E-state index in [4.69, 9.17) is 28.4 Å². The number of hydrogen-bond acceptors (Lipinski definition) is 15. The molecule has 9 rings (SSSR count). The quantitative estimate of drug-likeness (QED) is 0.112. The molecule has 3 atom stereocenters. The number of ether oxygens (including phenoxy) is 6. The van der Waals surface area contributed by atoms with E-state index in [1.807, 2.05) is 96.1 Å². The van der Waals surface area contributed by atoms with Crippen molar-refractivity contribution in [3.63, 3.8) is 0 Å². The maximum atomic E-state index is 12.7. The van der Waals surface area contributed by atoms with E-state index in [1.165, 1.54) is 0 Å². The fourth-order valence-corrected chi connectivity index (χ4v) is 11.1. The summed E-state index contributed by atoms with van der Waals surface area (Å²) in [4.78, 5) is 35.7. The first-order valence-electron chi connectivity index (χ1n) is 22.3. The van der Waals surface area contributed by atoms with E-state index in [1.54, 1.807) is 61.2 Å². The van der Waals surface area contributed by atoms with Crippen LogP contribution < -0.4 is 117 Å². The van der Waals surface area contributed by atoms with Crippen LogP contribution in [0.15, 0.2) is 88.7 Å². The number of pyridine rings is 3. The Morgan fingerprint density at radius 3 is 0.880 bits per heavy atom. The number of aromatic nitrogens is 9. The van der Waals surface area contributed by atoms with Crippen molar-refractivity contribution in [2.45, 2.75) is 74.3 Å². The topological polar surface area (TPSA) is 231 Å². The van der Waals surface area contributed by atoms with Gasteiger partial charge in [-0.05, 0) is 77.9 Å². The van der Waals surface area contributed by atoms with Crippen LogP contribution in [0, 0.1) is 41.5 Å². The van der Waals surface area contributed by atoms with Crippen molar-refractivity contribution in [3.8, 4) is 34.5 Å². The smallest absolute Gasteiger partial charge is 0.497 e. The Hall–Kier alpha value is -4.23. The number of fused-ring (bicyclic) bond motifs is 3. The van der Waals surface area contributed by atoms with Gasteiger partial charge in [-0.15, -0.1) is 0 Å². The summed E-state index contributed by atoms with van der Waals surface area (Å²) in [6.45, 7) is 11.6. The molecular weight excluding hydrogens is 1050 g/mol. The van der Waals surface area contributed by atoms with Gasteiger partial charge in [0.1, 0.15) is 34.5 Å². The number of hydrogen-bond donors (Lipinski definition) is 3. The average molecular weight is 1110 g/mol. The molecule has 378 valence electrons. The van der Waals surface area contributed by atoms with Gasteiger partial charge in [0, 0.05) is 70.2 Å². The van der Waals surface area contributed by atoms with Crippen molar-refractivity contribution in [2.75, 3.05) is 42.7 Å². The third kappa shape index (κ3) is 15.1. The summed E-state index contributed by atoms with van der Waals surface area (Å²) in [6, 6.07) is 16.5. The third-order valence-electron chi connectivity index (χ3n) is 11.7. The Bertz CT molecular complexity index is 3140. The number of aryl methyl sites for hydroxylation is 3. The van der Waals surface area contributed by atoms with E-state index >= 15 is 0 Å². The van der Waals surface area contributed by atoms with Crippen molar-refractivity contribution in [1.82, 2.24) is 44.9 Å². The third-order valence-corrected chi connectivity index (χ3v) is 15.2. The fraction of sp³-hybridized carbons (Fsp3) is 0.294. The van der Waals surface area contributed by atoms with Crippen LogP contribution in [-0.2, 0) is 49.7 Å². The Kier molecular flexibility index (Phi) is 24.4. The molecule has 9 aromatic rings. The molecule has 0 spiro atoms. The molecule has 18 nitrogen and oxygen atoms in total. The number of nitrogens with zero attached hydrogens (tertiary/aromatic N) is 6. The second-order valence-corrected chi connectivity index (χ2v) is 20.5. The predicted molar refractivity (Wildman–Crippen MR) is 279 cm³/mol. The molecule has 6 aromatic heterocycles. The molecule has 0 radical (unpaired) electrons. The minimum Gasteiger partial charge on any atom is -0.497 e. The molecule has 3 unspecified atom stereocenters. The molecule has 0 aliphatic carbocycles. The second kappa shape index (κ2) is 28.9. The molecular formula is C51H57N9Na3O9S3+3. The van der Waals surface area contributed by atoms with Crippen molar-refractivity contribution < 1.29 is 130 Å². The predicted octanol–water partition coefficient (Wildman–Crippen LogP) is -0.289. The van der Waals surface area contributed by atoms with Gasteiger partial charge in [-0.3, -0.25) is 27.6 Å². The van der Waals surface area contributed by atoms with E-state index in [2.05, 4.69) is 44.9 Å². The van der Waals surface area contributed by atoms with Crippen LogP contribution in [0.1, 0.15) is 50.5 Å². The van der Waals surface area contributed by atoms with Crippen LogP contribution in [0.3, 0.4) is 0 Å². The van der Waals surface area contributed by atoms with Crippen molar-refractivity contribution in [3.05, 3.63) is 124 Å². The van der Waals surface area contributed by atoms with Gasteiger partial charge in [-0.25, -0.2) is 15.0 Å². The minimum atomic E-state index is -1.33. The molecule has 0 saturated carbocycles. The first-order chi connectivity index (χ1) is 34.6. The molecule has 0 bridgehead atoms. The summed E-state index contributed by atoms with van der Waals surface area (Å²) >= 11 is 0. The standard InChI is InChI=1S/3C17H19N3O3S.3Na/c3*1-10-8-18-15(11(2)16(10)23-4)9-24(21)17-19-13-6-5-12(22-3)7-14(13)20-17;;;/h3*5-8H,9H2,1-4H3,(H,19,20);;;/q;;;3*+1. The van der Waals surface area contributed by atoms with Crippen LogP contribution in [-0.4, -0.2) is 100 Å². The van der Waals surface area contributed by atoms with E-state index < -0.39 is 32.4 Å². The Morgan fingerprint density at radius 1 is 0.400 bits per heavy atom. The van der Waals surface area contributed by atoms with Gasteiger partial charge in [0.15, 0.2) is 15.5 Å². The maximum absolute atomic E-state index is 12.7. The van der Waals surface area contributed by atoms with Gasteiger partial charge in [-0.2, -0.15) is 0 Å². The monoisotopic (exact) mass is 1100 g/mol. The van der Waals surface area contributed by atoms with Crippen LogP contribution in [0.2, 0.25) is 0 Å². The number of aromatic amines is 3. The number of imidazole rings is 3. The zero-order valence-electron chi connectivity index (χ0n) is 45.1. The minimum absolute atomic E-state index is 0. The molecule has 0 saturated heterocycles. The molecule has 3 aromatic carbocycles. The average Bonchev–Trinajstić information content (AvgIpc) is 4.14. The molecule has 0 amide bonds. The summed E-state index contributed by atoms with van der Waals surface area (Å²) in [5.74, 6) is 5.36. The van der Waals surface area contributed by atoms with Crippen molar-refractivity contribution in [2.24, 2.45) is 0 Å². The van der Waals surface area contributed by atoms with E-state index in [9.17, 15) is 12.6 Å². The Labute approximate surface area is 509 Å². The van der Waals surface area contributed by atoms with Crippen LogP contribution in [0.4, 0.5) is 0 Å². The first-order valence-corrected chi connectivity index (χ1v) is 26.3. The van der Waals surface area contributed by atoms with Crippen LogP contribution >= 0.6 is 0 Å². The number of H-pyrrole nitrogens is 3. The van der Waals surface area contributed by atoms with E-state index in [0.29, 0.717) is 15.5 Å². The number of rotatable bonds is 15. The summed E-state index contributed by atoms with van der Waals surface area (Å²) in [5, 5.41) is 1.29. The number of methoxy groups -OCH3 is 6. The Morgan fingerprint density at radius 2 is 0.653 bits per heavy atom. The van der Waals surface area contributed by atoms with Gasteiger partial charge in [0.25, 0.3) is 0 Å². The number of nitrogens with one attached hydrogen (secondary N) is 3. The number of benzene rings is 3. The van der Waals surface area contributed by atoms with Crippen molar-refractivity contribution >= 4 is 65.5 Å².